The highest BCUT2D eigenvalue weighted by Gasteiger charge is 1.96. The fraction of sp³-hybridized carbons (Fsp3) is 0.636. The fourth-order valence-corrected chi connectivity index (χ4v) is 1.46. The molecule has 14 heavy (non-hydrogen) atoms. The Morgan fingerprint density at radius 1 is 1.36 bits per heavy atom. The number of hydrogen-bond acceptors (Lipinski definition) is 2. The summed E-state index contributed by atoms with van der Waals surface area (Å²) in [6.45, 7) is 3.19. The summed E-state index contributed by atoms with van der Waals surface area (Å²) in [5.41, 5.74) is 0.526. The van der Waals surface area contributed by atoms with Gasteiger partial charge in [-0.2, -0.15) is 0 Å². The van der Waals surface area contributed by atoms with Gasteiger partial charge in [0.05, 0.1) is 6.33 Å². The van der Waals surface area contributed by atoms with Gasteiger partial charge in [0.2, 0.25) is 0 Å². The van der Waals surface area contributed by atoms with Gasteiger partial charge < -0.3 is 4.57 Å². The average molecular weight is 194 g/mol. The van der Waals surface area contributed by atoms with Crippen LogP contribution in [0.2, 0.25) is 0 Å². The number of carbonyl (C=O) groups excluding carboxylic acids is 1. The molecule has 0 bridgehead atoms. The van der Waals surface area contributed by atoms with Gasteiger partial charge in [-0.25, -0.2) is 4.98 Å². The highest BCUT2D eigenvalue weighted by molar-refractivity contribution is 5.70. The van der Waals surface area contributed by atoms with Crippen LogP contribution in [-0.4, -0.2) is 15.8 Å². The molecule has 0 aromatic carbocycles. The zero-order chi connectivity index (χ0) is 10.2. The first-order valence-corrected chi connectivity index (χ1v) is 5.33. The fourth-order valence-electron chi connectivity index (χ4n) is 1.46. The normalized spacial score (nSPS) is 10.4. The van der Waals surface area contributed by atoms with Crippen molar-refractivity contribution in [3.05, 3.63) is 18.2 Å². The van der Waals surface area contributed by atoms with Gasteiger partial charge in [-0.15, -0.1) is 0 Å². The Hall–Kier alpha value is -1.12. The van der Waals surface area contributed by atoms with Crippen LogP contribution in [0.25, 0.3) is 0 Å². The number of unbranched alkanes of at least 4 members (excludes halogenated alkanes) is 4. The number of nitrogens with zero attached hydrogens (tertiary/aromatic N) is 2. The number of carbonyl (C=O) groups is 1. The maximum atomic E-state index is 10.4. The van der Waals surface area contributed by atoms with E-state index in [0.29, 0.717) is 5.69 Å². The van der Waals surface area contributed by atoms with E-state index in [2.05, 4.69) is 11.9 Å². The summed E-state index contributed by atoms with van der Waals surface area (Å²) in [6, 6.07) is 0. The first kappa shape index (κ1) is 11.0. The largest absolute Gasteiger partial charge is 0.337 e. The summed E-state index contributed by atoms with van der Waals surface area (Å²) in [7, 11) is 0. The molecule has 0 aliphatic rings. The summed E-state index contributed by atoms with van der Waals surface area (Å²) in [6.07, 6.45) is 10.7. The van der Waals surface area contributed by atoms with Crippen LogP contribution in [0.1, 0.15) is 49.5 Å². The van der Waals surface area contributed by atoms with E-state index >= 15 is 0 Å². The summed E-state index contributed by atoms with van der Waals surface area (Å²) < 4.78 is 1.98. The zero-order valence-electron chi connectivity index (χ0n) is 8.78. The number of aryl methyl sites for hydroxylation is 1. The van der Waals surface area contributed by atoms with Gasteiger partial charge in [0.15, 0.2) is 6.29 Å². The lowest BCUT2D eigenvalue weighted by Crippen LogP contribution is -1.94. The topological polar surface area (TPSA) is 34.9 Å². The quantitative estimate of drug-likeness (QED) is 0.494. The Kier molecular flexibility index (Phi) is 4.97. The molecule has 3 nitrogen and oxygen atoms in total. The summed E-state index contributed by atoms with van der Waals surface area (Å²) >= 11 is 0. The predicted molar refractivity (Wildman–Crippen MR) is 56.4 cm³/mol. The molecule has 0 amide bonds. The molecule has 0 saturated heterocycles. The van der Waals surface area contributed by atoms with Crippen molar-refractivity contribution < 1.29 is 4.79 Å². The number of hydrogen-bond donors (Lipinski definition) is 0. The van der Waals surface area contributed by atoms with Crippen molar-refractivity contribution in [1.82, 2.24) is 9.55 Å². The average Bonchev–Trinajstić information content (AvgIpc) is 2.65. The molecule has 0 atom stereocenters. The molecule has 1 aromatic rings. The number of aldehydes is 1. The number of aromatic nitrogens is 2. The molecule has 78 valence electrons. The summed E-state index contributed by atoms with van der Waals surface area (Å²) in [5.74, 6) is 0. The zero-order valence-corrected chi connectivity index (χ0v) is 8.78. The van der Waals surface area contributed by atoms with E-state index in [4.69, 9.17) is 0 Å². The van der Waals surface area contributed by atoms with Gasteiger partial charge in [-0.1, -0.05) is 32.6 Å². The van der Waals surface area contributed by atoms with Crippen molar-refractivity contribution in [2.75, 3.05) is 0 Å². The highest BCUT2D eigenvalue weighted by Crippen LogP contribution is 2.04. The van der Waals surface area contributed by atoms with Gasteiger partial charge in [0, 0.05) is 12.7 Å². The van der Waals surface area contributed by atoms with Crippen molar-refractivity contribution >= 4 is 6.29 Å². The van der Waals surface area contributed by atoms with E-state index in [-0.39, 0.29) is 0 Å². The van der Waals surface area contributed by atoms with Crippen LogP contribution < -0.4 is 0 Å². The van der Waals surface area contributed by atoms with Crippen molar-refractivity contribution in [1.29, 1.82) is 0 Å². The molecule has 0 radical (unpaired) electrons. The first-order chi connectivity index (χ1) is 6.86. The van der Waals surface area contributed by atoms with E-state index in [0.717, 1.165) is 12.8 Å². The molecule has 3 heteroatoms. The second-order valence-electron chi connectivity index (χ2n) is 3.57. The Balaban J connectivity index is 2.14. The van der Waals surface area contributed by atoms with E-state index in [1.165, 1.54) is 32.1 Å². The monoisotopic (exact) mass is 194 g/mol. The smallest absolute Gasteiger partial charge is 0.169 e. The second kappa shape index (κ2) is 6.35. The third-order valence-electron chi connectivity index (χ3n) is 2.29. The molecule has 0 spiro atoms. The Labute approximate surface area is 85.2 Å². The van der Waals surface area contributed by atoms with E-state index in [9.17, 15) is 4.79 Å². The summed E-state index contributed by atoms with van der Waals surface area (Å²) in [4.78, 5) is 14.3. The molecular formula is C11H18N2O. The second-order valence-corrected chi connectivity index (χ2v) is 3.57. The van der Waals surface area contributed by atoms with Crippen molar-refractivity contribution in [2.24, 2.45) is 0 Å². The highest BCUT2D eigenvalue weighted by atomic mass is 16.1. The Bertz CT molecular complexity index is 268. The van der Waals surface area contributed by atoms with E-state index < -0.39 is 0 Å². The standard InChI is InChI=1S/C11H18N2O/c1-2-3-4-5-6-7-13-8-11(9-14)12-10-13/h8-10H,2-7H2,1H3. The van der Waals surface area contributed by atoms with Crippen LogP contribution in [-0.2, 0) is 6.54 Å². The van der Waals surface area contributed by atoms with Crippen LogP contribution in [0, 0.1) is 0 Å². The lowest BCUT2D eigenvalue weighted by molar-refractivity contribution is 0.111. The molecule has 1 heterocycles. The predicted octanol–water partition coefficient (Wildman–Crippen LogP) is 2.67. The van der Waals surface area contributed by atoms with E-state index in [1.807, 2.05) is 4.57 Å². The van der Waals surface area contributed by atoms with E-state index in [1.54, 1.807) is 12.5 Å². The number of imidazole rings is 1. The maximum absolute atomic E-state index is 10.4. The Morgan fingerprint density at radius 2 is 2.14 bits per heavy atom. The first-order valence-electron chi connectivity index (χ1n) is 5.33. The number of rotatable bonds is 7. The maximum Gasteiger partial charge on any atom is 0.169 e. The van der Waals surface area contributed by atoms with Crippen LogP contribution in [0.3, 0.4) is 0 Å². The van der Waals surface area contributed by atoms with Crippen LogP contribution >= 0.6 is 0 Å². The van der Waals surface area contributed by atoms with Crippen molar-refractivity contribution in [2.45, 2.75) is 45.6 Å². The minimum absolute atomic E-state index is 0.526. The minimum atomic E-state index is 0.526. The molecule has 0 aliphatic carbocycles. The molecule has 0 fully saturated rings. The van der Waals surface area contributed by atoms with Gasteiger partial charge in [0.25, 0.3) is 0 Å². The Morgan fingerprint density at radius 3 is 2.79 bits per heavy atom. The van der Waals surface area contributed by atoms with Gasteiger partial charge in [-0.3, -0.25) is 4.79 Å². The van der Waals surface area contributed by atoms with Crippen LogP contribution in [0.5, 0.6) is 0 Å². The lowest BCUT2D eigenvalue weighted by Gasteiger charge is -2.00. The molecular weight excluding hydrogens is 176 g/mol. The molecule has 1 rings (SSSR count). The molecule has 0 unspecified atom stereocenters. The molecule has 0 aliphatic heterocycles. The third kappa shape index (κ3) is 3.73. The SMILES string of the molecule is CCCCCCCn1cnc(C=O)c1. The van der Waals surface area contributed by atoms with Gasteiger partial charge in [-0.05, 0) is 6.42 Å². The van der Waals surface area contributed by atoms with Crippen molar-refractivity contribution in [3.8, 4) is 0 Å². The molecule has 1 aromatic heterocycles. The van der Waals surface area contributed by atoms with Crippen molar-refractivity contribution in [3.63, 3.8) is 0 Å². The van der Waals surface area contributed by atoms with Crippen LogP contribution in [0.15, 0.2) is 12.5 Å². The molecule has 0 N–H and O–H groups in total. The third-order valence-corrected chi connectivity index (χ3v) is 2.29. The van der Waals surface area contributed by atoms with Gasteiger partial charge in [0.1, 0.15) is 5.69 Å². The lowest BCUT2D eigenvalue weighted by atomic mass is 10.1. The molecule has 0 saturated carbocycles. The van der Waals surface area contributed by atoms with Gasteiger partial charge >= 0.3 is 0 Å². The summed E-state index contributed by atoms with van der Waals surface area (Å²) in [5, 5.41) is 0. The van der Waals surface area contributed by atoms with Crippen LogP contribution in [0.4, 0.5) is 0 Å². The minimum Gasteiger partial charge on any atom is -0.337 e.